The predicted octanol–water partition coefficient (Wildman–Crippen LogP) is 4.66. The molecule has 5 nitrogen and oxygen atoms in total. The monoisotopic (exact) mass is 406 g/mol. The molecule has 5 heteroatoms. The fourth-order valence-electron chi connectivity index (χ4n) is 3.43. The molecule has 0 aliphatic rings. The molecule has 0 saturated heterocycles. The number of aromatic hydroxyl groups is 1. The molecule has 1 atom stereocenters. The zero-order chi connectivity index (χ0) is 21.2. The van der Waals surface area contributed by atoms with E-state index in [1.54, 1.807) is 18.2 Å². The number of aliphatic hydroxyl groups excluding tert-OH is 1. The van der Waals surface area contributed by atoms with Gasteiger partial charge in [-0.2, -0.15) is 0 Å². The maximum atomic E-state index is 12.2. The van der Waals surface area contributed by atoms with Crippen molar-refractivity contribution in [1.29, 1.82) is 0 Å². The third-order valence-corrected chi connectivity index (χ3v) is 5.36. The van der Waals surface area contributed by atoms with E-state index in [1.807, 2.05) is 6.07 Å². The van der Waals surface area contributed by atoms with Gasteiger partial charge in [-0.15, -0.1) is 0 Å². The van der Waals surface area contributed by atoms with Crippen LogP contribution >= 0.6 is 0 Å². The molecular formula is C24H42N2O3. The Balaban J connectivity index is 2.00. The van der Waals surface area contributed by atoms with Crippen molar-refractivity contribution in [1.82, 2.24) is 10.6 Å². The molecule has 0 aliphatic carbocycles. The van der Waals surface area contributed by atoms with Gasteiger partial charge in [0.25, 0.3) is 0 Å². The normalized spacial score (nSPS) is 12.1. The number of nitrogens with one attached hydrogen (secondary N) is 2. The quantitative estimate of drug-likeness (QED) is 0.267. The molecule has 0 heterocycles. The van der Waals surface area contributed by atoms with E-state index in [9.17, 15) is 15.0 Å². The molecule has 1 aromatic rings. The predicted molar refractivity (Wildman–Crippen MR) is 120 cm³/mol. The Labute approximate surface area is 177 Å². The van der Waals surface area contributed by atoms with Crippen LogP contribution in [0.3, 0.4) is 0 Å². The first-order valence-corrected chi connectivity index (χ1v) is 11.6. The van der Waals surface area contributed by atoms with Gasteiger partial charge in [-0.1, -0.05) is 95.8 Å². The summed E-state index contributed by atoms with van der Waals surface area (Å²) in [4.78, 5) is 12.2. The van der Waals surface area contributed by atoms with Gasteiger partial charge in [-0.05, 0) is 12.5 Å². The fraction of sp³-hybridized carbons (Fsp3) is 0.708. The van der Waals surface area contributed by atoms with Gasteiger partial charge < -0.3 is 15.5 Å². The maximum Gasteiger partial charge on any atom is 0.239 e. The van der Waals surface area contributed by atoms with Crippen LogP contribution in [0, 0.1) is 0 Å². The van der Waals surface area contributed by atoms with E-state index in [4.69, 9.17) is 0 Å². The second-order valence-electron chi connectivity index (χ2n) is 7.92. The van der Waals surface area contributed by atoms with Gasteiger partial charge in [-0.3, -0.25) is 10.1 Å². The van der Waals surface area contributed by atoms with Crippen molar-refractivity contribution in [3.05, 3.63) is 29.8 Å². The molecule has 1 amide bonds. The van der Waals surface area contributed by atoms with Crippen LogP contribution in [0.25, 0.3) is 0 Å². The van der Waals surface area contributed by atoms with E-state index in [1.165, 1.54) is 64.2 Å². The number of unbranched alkanes of at least 4 members (excludes halogenated alkanes) is 11. The van der Waals surface area contributed by atoms with E-state index in [-0.39, 0.29) is 18.3 Å². The summed E-state index contributed by atoms with van der Waals surface area (Å²) in [7, 11) is 0. The molecule has 166 valence electrons. The second kappa shape index (κ2) is 17.3. The molecule has 0 saturated carbocycles. The minimum absolute atomic E-state index is 0.189. The molecular weight excluding hydrogens is 364 g/mol. The number of amides is 1. The number of aliphatic hydroxyl groups is 1. The summed E-state index contributed by atoms with van der Waals surface area (Å²) in [6.07, 6.45) is 15.5. The van der Waals surface area contributed by atoms with Crippen LogP contribution in [0.4, 0.5) is 0 Å². The van der Waals surface area contributed by atoms with Crippen LogP contribution in [0.5, 0.6) is 5.75 Å². The zero-order valence-corrected chi connectivity index (χ0v) is 18.3. The van der Waals surface area contributed by atoms with E-state index in [0.717, 1.165) is 12.8 Å². The van der Waals surface area contributed by atoms with E-state index < -0.39 is 6.04 Å². The van der Waals surface area contributed by atoms with E-state index >= 15 is 0 Å². The molecule has 1 unspecified atom stereocenters. The summed E-state index contributed by atoms with van der Waals surface area (Å²) in [6.45, 7) is 2.97. The maximum absolute atomic E-state index is 12.2. The lowest BCUT2D eigenvalue weighted by molar-refractivity contribution is -0.124. The minimum atomic E-state index is -0.660. The van der Waals surface area contributed by atoms with Gasteiger partial charge in [0, 0.05) is 18.7 Å². The number of phenols is 1. The minimum Gasteiger partial charge on any atom is -0.508 e. The van der Waals surface area contributed by atoms with Crippen LogP contribution in [0.1, 0.15) is 89.5 Å². The molecule has 1 rings (SSSR count). The van der Waals surface area contributed by atoms with Crippen molar-refractivity contribution >= 4 is 5.91 Å². The van der Waals surface area contributed by atoms with Crippen molar-refractivity contribution in [3.8, 4) is 5.75 Å². The summed E-state index contributed by atoms with van der Waals surface area (Å²) < 4.78 is 0. The molecule has 29 heavy (non-hydrogen) atoms. The Kier molecular flexibility index (Phi) is 15.2. The van der Waals surface area contributed by atoms with Gasteiger partial charge in [0.1, 0.15) is 11.8 Å². The average molecular weight is 407 g/mol. The number of para-hydroxylation sites is 1. The number of benzene rings is 1. The van der Waals surface area contributed by atoms with Crippen molar-refractivity contribution in [2.45, 2.75) is 96.6 Å². The molecule has 0 aliphatic heterocycles. The summed E-state index contributed by atoms with van der Waals surface area (Å²) >= 11 is 0. The zero-order valence-electron chi connectivity index (χ0n) is 18.3. The average Bonchev–Trinajstić information content (AvgIpc) is 2.73. The van der Waals surface area contributed by atoms with Gasteiger partial charge in [0.15, 0.2) is 0 Å². The molecule has 0 bridgehead atoms. The lowest BCUT2D eigenvalue weighted by atomic mass is 10.1. The molecule has 0 aromatic heterocycles. The van der Waals surface area contributed by atoms with Crippen molar-refractivity contribution in [3.63, 3.8) is 0 Å². The molecule has 4 N–H and O–H groups in total. The largest absolute Gasteiger partial charge is 0.508 e. The summed E-state index contributed by atoms with van der Waals surface area (Å²) in [6, 6.07) is 6.33. The van der Waals surface area contributed by atoms with Crippen molar-refractivity contribution < 1.29 is 15.0 Å². The van der Waals surface area contributed by atoms with Crippen LogP contribution in [0.2, 0.25) is 0 Å². The van der Waals surface area contributed by atoms with Crippen LogP contribution in [-0.2, 0) is 11.3 Å². The smallest absolute Gasteiger partial charge is 0.239 e. The van der Waals surface area contributed by atoms with Crippen molar-refractivity contribution in [2.75, 3.05) is 13.2 Å². The number of phenolic OH excluding ortho intramolecular Hbond substituents is 1. The molecule has 0 radical (unpaired) electrons. The molecule has 0 fully saturated rings. The highest BCUT2D eigenvalue weighted by atomic mass is 16.3. The van der Waals surface area contributed by atoms with Crippen molar-refractivity contribution in [2.24, 2.45) is 0 Å². The van der Waals surface area contributed by atoms with Crippen LogP contribution < -0.4 is 10.6 Å². The van der Waals surface area contributed by atoms with Gasteiger partial charge >= 0.3 is 0 Å². The SMILES string of the molecule is CCCCCCCCCCCCCCNC(=O)C(CO)NCc1ccccc1O. The Hall–Kier alpha value is -1.59. The summed E-state index contributed by atoms with van der Waals surface area (Å²) in [5.74, 6) is -0.000384. The first-order valence-electron chi connectivity index (χ1n) is 11.6. The third kappa shape index (κ3) is 12.6. The van der Waals surface area contributed by atoms with Gasteiger partial charge in [-0.25, -0.2) is 0 Å². The van der Waals surface area contributed by atoms with E-state index in [0.29, 0.717) is 18.7 Å². The molecule has 0 spiro atoms. The summed E-state index contributed by atoms with van der Waals surface area (Å²) in [5.41, 5.74) is 0.708. The lowest BCUT2D eigenvalue weighted by Crippen LogP contribution is -2.46. The highest BCUT2D eigenvalue weighted by Crippen LogP contribution is 2.15. The Morgan fingerprint density at radius 1 is 0.897 bits per heavy atom. The second-order valence-corrected chi connectivity index (χ2v) is 7.92. The number of hydrogen-bond donors (Lipinski definition) is 4. The lowest BCUT2D eigenvalue weighted by Gasteiger charge is -2.16. The topological polar surface area (TPSA) is 81.6 Å². The Morgan fingerprint density at radius 3 is 2.00 bits per heavy atom. The van der Waals surface area contributed by atoms with Gasteiger partial charge in [0.2, 0.25) is 5.91 Å². The number of hydrogen-bond acceptors (Lipinski definition) is 4. The van der Waals surface area contributed by atoms with Gasteiger partial charge in [0.05, 0.1) is 6.61 Å². The fourth-order valence-corrected chi connectivity index (χ4v) is 3.43. The first-order chi connectivity index (χ1) is 14.2. The van der Waals surface area contributed by atoms with E-state index in [2.05, 4.69) is 17.6 Å². The third-order valence-electron chi connectivity index (χ3n) is 5.36. The highest BCUT2D eigenvalue weighted by Gasteiger charge is 2.16. The van der Waals surface area contributed by atoms with Crippen LogP contribution in [0.15, 0.2) is 24.3 Å². The Bertz CT molecular complexity index is 537. The molecule has 1 aromatic carbocycles. The Morgan fingerprint density at radius 2 is 1.45 bits per heavy atom. The number of carbonyl (C=O) groups excluding carboxylic acids is 1. The van der Waals surface area contributed by atoms with Crippen LogP contribution in [-0.4, -0.2) is 35.3 Å². The highest BCUT2D eigenvalue weighted by molar-refractivity contribution is 5.81. The first kappa shape index (κ1) is 25.4. The number of carbonyl (C=O) groups is 1. The number of rotatable bonds is 18. The summed E-state index contributed by atoms with van der Waals surface area (Å²) in [5, 5.41) is 25.1. The standard InChI is InChI=1S/C24H42N2O3/c1-2-3-4-5-6-7-8-9-10-11-12-15-18-25-24(29)22(20-27)26-19-21-16-13-14-17-23(21)28/h13-14,16-17,22,26-28H,2-12,15,18-20H2,1H3,(H,25,29).